The maximum absolute atomic E-state index is 17.1. The maximum Gasteiger partial charge on any atom is 0.508 e. The second-order valence-corrected chi connectivity index (χ2v) is 13.0. The topological polar surface area (TPSA) is 115 Å². The Hall–Kier alpha value is -4.17. The number of H-pyrrole nitrogens is 1. The Morgan fingerprint density at radius 2 is 2.00 bits per heavy atom. The molecule has 2 aromatic heterocycles. The highest BCUT2D eigenvalue weighted by Crippen LogP contribution is 2.43. The molecule has 9 rings (SSSR count). The van der Waals surface area contributed by atoms with E-state index in [1.165, 1.54) is 6.07 Å². The van der Waals surface area contributed by atoms with Gasteiger partial charge >= 0.3 is 12.2 Å². The number of alkyl halides is 1. The van der Waals surface area contributed by atoms with E-state index in [-0.39, 0.29) is 61.3 Å². The summed E-state index contributed by atoms with van der Waals surface area (Å²) in [6.45, 7) is 3.97. The van der Waals surface area contributed by atoms with Gasteiger partial charge in [-0.2, -0.15) is 15.1 Å². The lowest BCUT2D eigenvalue weighted by molar-refractivity contribution is -0.00448. The van der Waals surface area contributed by atoms with E-state index in [2.05, 4.69) is 25.1 Å². The lowest BCUT2D eigenvalue weighted by Crippen LogP contribution is -2.43. The van der Waals surface area contributed by atoms with Gasteiger partial charge in [0.1, 0.15) is 36.0 Å². The Bertz CT molecular complexity index is 1870. The van der Waals surface area contributed by atoms with Crippen LogP contribution in [0.15, 0.2) is 18.3 Å². The van der Waals surface area contributed by atoms with Crippen LogP contribution in [-0.4, -0.2) is 102 Å². The number of aromatic amines is 1. The minimum atomic E-state index is -0.953. The molecule has 5 aliphatic rings. The minimum Gasteiger partial charge on any atom is -0.461 e. The number of carbonyl (C=O) groups excluding carboxylic acids is 1. The molecule has 0 amide bonds. The Labute approximate surface area is 268 Å². The predicted octanol–water partition coefficient (Wildman–Crippen LogP) is 5.02. The fourth-order valence-corrected chi connectivity index (χ4v) is 7.84. The second kappa shape index (κ2) is 11.8. The van der Waals surface area contributed by atoms with Crippen LogP contribution in [0.2, 0.25) is 0 Å². The highest BCUT2D eigenvalue weighted by atomic mass is 19.1. The highest BCUT2D eigenvalue weighted by molar-refractivity contribution is 6.01. The van der Waals surface area contributed by atoms with Crippen LogP contribution in [0.1, 0.15) is 36.8 Å². The van der Waals surface area contributed by atoms with Gasteiger partial charge < -0.3 is 23.8 Å². The Morgan fingerprint density at radius 1 is 1.11 bits per heavy atom. The summed E-state index contributed by atoms with van der Waals surface area (Å²) in [4.78, 5) is 25.8. The van der Waals surface area contributed by atoms with E-state index in [9.17, 15) is 9.18 Å². The molecule has 6 bridgehead atoms. The number of carbonyl (C=O) groups is 1. The zero-order valence-electron chi connectivity index (χ0n) is 26.0. The molecule has 11 nitrogen and oxygen atoms in total. The molecule has 3 atom stereocenters. The summed E-state index contributed by atoms with van der Waals surface area (Å²) in [6.07, 6.45) is 1.83. The van der Waals surface area contributed by atoms with E-state index in [1.54, 1.807) is 11.1 Å². The van der Waals surface area contributed by atoms with Gasteiger partial charge in [-0.25, -0.2) is 18.0 Å². The second-order valence-electron chi connectivity index (χ2n) is 13.0. The average Bonchev–Trinajstić information content (AvgIpc) is 3.68. The lowest BCUT2D eigenvalue weighted by atomic mass is 9.89. The Kier molecular flexibility index (Phi) is 7.59. The number of aryl methyl sites for hydroxylation is 1. The van der Waals surface area contributed by atoms with Gasteiger partial charge in [0.2, 0.25) is 0 Å². The van der Waals surface area contributed by atoms with E-state index in [1.807, 2.05) is 13.0 Å². The number of anilines is 1. The molecule has 3 saturated heterocycles. The molecule has 0 unspecified atom stereocenters. The third kappa shape index (κ3) is 5.31. The van der Waals surface area contributed by atoms with E-state index < -0.39 is 35.6 Å². The number of ether oxygens (including phenoxy) is 4. The molecule has 47 heavy (non-hydrogen) atoms. The summed E-state index contributed by atoms with van der Waals surface area (Å²) in [5.74, 6) is -1.42. The number of hydrogen-bond acceptors (Lipinski definition) is 10. The third-order valence-corrected chi connectivity index (χ3v) is 9.99. The van der Waals surface area contributed by atoms with Gasteiger partial charge in [-0.05, 0) is 62.4 Å². The zero-order chi connectivity index (χ0) is 32.3. The van der Waals surface area contributed by atoms with Gasteiger partial charge in [-0.15, -0.1) is 0 Å². The highest BCUT2D eigenvalue weighted by Gasteiger charge is 2.49. The van der Waals surface area contributed by atoms with E-state index in [0.29, 0.717) is 54.4 Å². The fourth-order valence-electron chi connectivity index (χ4n) is 7.84. The van der Waals surface area contributed by atoms with Crippen LogP contribution in [0, 0.1) is 18.6 Å². The van der Waals surface area contributed by atoms with Gasteiger partial charge in [0.25, 0.3) is 0 Å². The van der Waals surface area contributed by atoms with Crippen LogP contribution in [-0.2, 0) is 20.6 Å². The number of aromatic nitrogens is 4. The molecule has 4 aromatic rings. The number of benzene rings is 2. The molecule has 3 fully saturated rings. The van der Waals surface area contributed by atoms with Crippen molar-refractivity contribution in [3.05, 3.63) is 41.1 Å². The van der Waals surface area contributed by atoms with Crippen molar-refractivity contribution >= 4 is 33.8 Å². The molecule has 0 spiro atoms. The molecule has 1 N–H and O–H groups in total. The maximum atomic E-state index is 17.1. The number of nitrogens with zero attached hydrogens (tertiary/aromatic N) is 5. The zero-order valence-corrected chi connectivity index (χ0v) is 26.0. The number of hydrogen-bond donors (Lipinski definition) is 1. The first kappa shape index (κ1) is 30.2. The Balaban J connectivity index is 1.32. The molecule has 248 valence electrons. The first-order valence-electron chi connectivity index (χ1n) is 16.1. The van der Waals surface area contributed by atoms with Crippen molar-refractivity contribution in [2.24, 2.45) is 0 Å². The van der Waals surface area contributed by atoms with Gasteiger partial charge in [0, 0.05) is 35.8 Å². The summed E-state index contributed by atoms with van der Waals surface area (Å²) >= 11 is 0. The van der Waals surface area contributed by atoms with Crippen molar-refractivity contribution in [3.63, 3.8) is 0 Å². The van der Waals surface area contributed by atoms with Crippen molar-refractivity contribution in [3.8, 4) is 17.1 Å². The van der Waals surface area contributed by atoms with Gasteiger partial charge in [0.15, 0.2) is 5.82 Å². The smallest absolute Gasteiger partial charge is 0.461 e. The van der Waals surface area contributed by atoms with Crippen molar-refractivity contribution in [2.75, 3.05) is 57.5 Å². The van der Waals surface area contributed by atoms with Gasteiger partial charge in [-0.1, -0.05) is 0 Å². The summed E-state index contributed by atoms with van der Waals surface area (Å²) in [6, 6.07) is 3.04. The first-order valence-corrected chi connectivity index (χ1v) is 16.1. The molecule has 14 heteroatoms. The molecular weight excluding hydrogens is 617 g/mol. The van der Waals surface area contributed by atoms with Crippen LogP contribution in [0.5, 0.6) is 6.01 Å². The van der Waals surface area contributed by atoms with Crippen molar-refractivity contribution in [1.29, 1.82) is 0 Å². The standard InChI is InChI=1S/C33H35F3N6O5/c1-18-10-25-23(13-37-40-25)26-21(18)4-2-8-45-32(43)47-20-15-41(7-9-44-16-20)30-22-11-24(35)27(26)28(36)29(22)38-31(39-30)46-17-33-5-3-6-42(33)14-19(34)12-33/h10-11,13,19-20H,2-9,12,14-17H2,1H3,(H,37,40)/t19-,20+,33+/m1/s1. The summed E-state index contributed by atoms with van der Waals surface area (Å²) < 4.78 is 71.0. The van der Waals surface area contributed by atoms with Crippen molar-refractivity contribution in [1.82, 2.24) is 25.1 Å². The molecule has 5 aliphatic heterocycles. The number of nitrogens with one attached hydrogen (secondary N) is 1. The molecule has 0 aliphatic carbocycles. The molecule has 0 saturated carbocycles. The summed E-state index contributed by atoms with van der Waals surface area (Å²) in [7, 11) is 0. The van der Waals surface area contributed by atoms with Crippen molar-refractivity contribution < 1.29 is 36.9 Å². The third-order valence-electron chi connectivity index (χ3n) is 9.99. The normalized spacial score (nSPS) is 25.2. The van der Waals surface area contributed by atoms with Gasteiger partial charge in [-0.3, -0.25) is 10.00 Å². The van der Waals surface area contributed by atoms with Crippen LogP contribution >= 0.6 is 0 Å². The first-order chi connectivity index (χ1) is 22.8. The van der Waals surface area contributed by atoms with Crippen LogP contribution < -0.4 is 9.64 Å². The largest absolute Gasteiger partial charge is 0.508 e. The van der Waals surface area contributed by atoms with Crippen LogP contribution in [0.25, 0.3) is 32.9 Å². The molecular formula is C33H35F3N6O5. The Morgan fingerprint density at radius 3 is 2.89 bits per heavy atom. The number of rotatable bonds is 3. The quantitative estimate of drug-likeness (QED) is 0.303. The predicted molar refractivity (Wildman–Crippen MR) is 165 cm³/mol. The molecule has 0 radical (unpaired) electrons. The number of fused-ring (bicyclic) bond motifs is 8. The minimum absolute atomic E-state index is 0.0490. The van der Waals surface area contributed by atoms with E-state index in [4.69, 9.17) is 18.9 Å². The average molecular weight is 653 g/mol. The van der Waals surface area contributed by atoms with Crippen LogP contribution in [0.4, 0.5) is 23.8 Å². The van der Waals surface area contributed by atoms with Gasteiger partial charge in [0.05, 0.1) is 49.2 Å². The van der Waals surface area contributed by atoms with E-state index >= 15 is 8.78 Å². The molecule has 7 heterocycles. The van der Waals surface area contributed by atoms with E-state index in [0.717, 1.165) is 24.9 Å². The summed E-state index contributed by atoms with van der Waals surface area (Å²) in [5.41, 5.74) is 1.63. The number of halogens is 3. The SMILES string of the molecule is Cc1cc2[nH]ncc2c2c1CCCOC(=O)O[C@@H]1COCCN(C1)c1nc(OC[C@@]34CCCN3C[C@H](F)C4)nc3c(F)c-2c(F)cc13. The molecule has 2 aromatic carbocycles. The van der Waals surface area contributed by atoms with Crippen molar-refractivity contribution in [2.45, 2.75) is 56.8 Å². The fraction of sp³-hybridized carbons (Fsp3) is 0.515. The summed E-state index contributed by atoms with van der Waals surface area (Å²) in [5, 5.41) is 7.75. The monoisotopic (exact) mass is 652 g/mol. The van der Waals surface area contributed by atoms with Crippen LogP contribution in [0.3, 0.4) is 0 Å². The lowest BCUT2D eigenvalue weighted by Gasteiger charge is -2.31.